The third kappa shape index (κ3) is 6.08. The van der Waals surface area contributed by atoms with Crippen LogP contribution < -0.4 is 10.6 Å². The third-order valence-corrected chi connectivity index (χ3v) is 6.43. The maximum atomic E-state index is 14.8. The lowest BCUT2D eigenvalue weighted by molar-refractivity contribution is -0.142. The number of rotatable bonds is 6. The number of halogens is 3. The number of hydrogen-bond acceptors (Lipinski definition) is 5. The van der Waals surface area contributed by atoms with Crippen LogP contribution >= 0.6 is 11.3 Å². The number of nitrogens with zero attached hydrogens (tertiary/aromatic N) is 1. The Morgan fingerprint density at radius 1 is 0.946 bits per heavy atom. The van der Waals surface area contributed by atoms with Crippen molar-refractivity contribution in [3.63, 3.8) is 0 Å². The van der Waals surface area contributed by atoms with E-state index in [0.717, 1.165) is 6.07 Å². The summed E-state index contributed by atoms with van der Waals surface area (Å²) >= 11 is 1.18. The number of hydrogen-bond donors (Lipinski definition) is 3. The van der Waals surface area contributed by atoms with Gasteiger partial charge in [-0.1, -0.05) is 51.7 Å². The number of aromatic nitrogens is 1. The summed E-state index contributed by atoms with van der Waals surface area (Å²) in [5.41, 5.74) is 0.311. The zero-order valence-corrected chi connectivity index (χ0v) is 20.3. The van der Waals surface area contributed by atoms with E-state index >= 15 is 0 Å². The van der Waals surface area contributed by atoms with Gasteiger partial charge in [0.15, 0.2) is 5.13 Å². The highest BCUT2D eigenvalue weighted by molar-refractivity contribution is 7.22. The standard InChI is InChI=1S/C26H22F3N3O3S.CH4/c1-26(2,3)22(24(34)35)32-23(33)16-7-4-13(10-17(16)28)14-5-8-19(18(29)11-14)30-25-31-20-9-6-15(27)12-21(20)36-25;/h4-12,22H,1-3H3,(H,30,31)(H,32,33)(H,34,35);1H4/t22-;/m1./s1. The first-order valence-corrected chi connectivity index (χ1v) is 11.7. The summed E-state index contributed by atoms with van der Waals surface area (Å²) in [6.07, 6.45) is 0. The van der Waals surface area contributed by atoms with Crippen LogP contribution in [0.2, 0.25) is 0 Å². The lowest BCUT2D eigenvalue weighted by atomic mass is 9.86. The lowest BCUT2D eigenvalue weighted by Crippen LogP contribution is -2.49. The van der Waals surface area contributed by atoms with E-state index in [2.05, 4.69) is 15.6 Å². The second-order valence-electron chi connectivity index (χ2n) is 9.26. The second-order valence-corrected chi connectivity index (χ2v) is 10.3. The molecule has 1 heterocycles. The van der Waals surface area contributed by atoms with Crippen LogP contribution in [0.3, 0.4) is 0 Å². The molecule has 4 rings (SSSR count). The van der Waals surface area contributed by atoms with Crippen molar-refractivity contribution < 1.29 is 27.9 Å². The molecule has 1 amide bonds. The fourth-order valence-corrected chi connectivity index (χ4v) is 4.50. The van der Waals surface area contributed by atoms with Crippen LogP contribution in [0.5, 0.6) is 0 Å². The van der Waals surface area contributed by atoms with Gasteiger partial charge < -0.3 is 15.7 Å². The minimum Gasteiger partial charge on any atom is -0.480 e. The Bertz CT molecular complexity index is 1480. The van der Waals surface area contributed by atoms with Crippen molar-refractivity contribution in [3.8, 4) is 11.1 Å². The highest BCUT2D eigenvalue weighted by atomic mass is 32.1. The Balaban J connectivity index is 0.00000380. The second kappa shape index (κ2) is 10.6. The molecule has 0 aliphatic carbocycles. The van der Waals surface area contributed by atoms with E-state index in [4.69, 9.17) is 0 Å². The normalized spacial score (nSPS) is 12.1. The Labute approximate surface area is 216 Å². The average Bonchev–Trinajstić information content (AvgIpc) is 3.19. The molecule has 4 aromatic rings. The van der Waals surface area contributed by atoms with Gasteiger partial charge in [-0.25, -0.2) is 22.9 Å². The molecular weight excluding hydrogens is 503 g/mol. The molecule has 0 saturated carbocycles. The quantitative estimate of drug-likeness (QED) is 0.250. The van der Waals surface area contributed by atoms with Crippen molar-refractivity contribution in [1.82, 2.24) is 10.3 Å². The molecule has 194 valence electrons. The number of aliphatic carboxylic acids is 1. The first-order chi connectivity index (χ1) is 16.9. The molecule has 10 heteroatoms. The summed E-state index contributed by atoms with van der Waals surface area (Å²) < 4.78 is 43.6. The molecular formula is C27H26F3N3O3S. The first-order valence-electron chi connectivity index (χ1n) is 10.9. The molecule has 6 nitrogen and oxygen atoms in total. The average molecular weight is 530 g/mol. The van der Waals surface area contributed by atoms with Crippen LogP contribution in [0.25, 0.3) is 21.3 Å². The summed E-state index contributed by atoms with van der Waals surface area (Å²) in [5, 5.41) is 15.0. The Morgan fingerprint density at radius 2 is 1.59 bits per heavy atom. The predicted molar refractivity (Wildman–Crippen MR) is 140 cm³/mol. The van der Waals surface area contributed by atoms with Crippen molar-refractivity contribution in [2.75, 3.05) is 5.32 Å². The minimum atomic E-state index is -1.23. The van der Waals surface area contributed by atoms with E-state index in [1.807, 2.05) is 0 Å². The maximum absolute atomic E-state index is 14.8. The topological polar surface area (TPSA) is 91.3 Å². The number of carboxylic acids is 1. The van der Waals surface area contributed by atoms with Gasteiger partial charge in [0, 0.05) is 0 Å². The third-order valence-electron chi connectivity index (χ3n) is 5.50. The zero-order chi connectivity index (χ0) is 26.2. The lowest BCUT2D eigenvalue weighted by Gasteiger charge is -2.27. The smallest absolute Gasteiger partial charge is 0.326 e. The summed E-state index contributed by atoms with van der Waals surface area (Å²) in [4.78, 5) is 28.3. The summed E-state index contributed by atoms with van der Waals surface area (Å²) in [6, 6.07) is 11.0. The highest BCUT2D eigenvalue weighted by Crippen LogP contribution is 2.32. The number of carbonyl (C=O) groups excluding carboxylic acids is 1. The van der Waals surface area contributed by atoms with Crippen LogP contribution in [0.15, 0.2) is 54.6 Å². The molecule has 37 heavy (non-hydrogen) atoms. The van der Waals surface area contributed by atoms with Crippen molar-refractivity contribution >= 4 is 44.2 Å². The van der Waals surface area contributed by atoms with Crippen LogP contribution in [0.1, 0.15) is 38.6 Å². The van der Waals surface area contributed by atoms with E-state index in [9.17, 15) is 27.9 Å². The van der Waals surface area contributed by atoms with E-state index in [-0.39, 0.29) is 24.5 Å². The van der Waals surface area contributed by atoms with Gasteiger partial charge in [0.05, 0.1) is 21.5 Å². The number of nitrogens with one attached hydrogen (secondary N) is 2. The van der Waals surface area contributed by atoms with Crippen LogP contribution in [-0.2, 0) is 4.79 Å². The zero-order valence-electron chi connectivity index (χ0n) is 19.5. The van der Waals surface area contributed by atoms with Crippen molar-refractivity contribution in [2.24, 2.45) is 5.41 Å². The van der Waals surface area contributed by atoms with Crippen LogP contribution in [-0.4, -0.2) is 28.0 Å². The molecule has 1 aromatic heterocycles. The molecule has 1 atom stereocenters. The molecule has 0 bridgehead atoms. The fourth-order valence-electron chi connectivity index (χ4n) is 3.60. The van der Waals surface area contributed by atoms with Crippen LogP contribution in [0, 0.1) is 22.9 Å². The first kappa shape index (κ1) is 27.7. The molecule has 0 aliphatic heterocycles. The van der Waals surface area contributed by atoms with Crippen molar-refractivity contribution in [2.45, 2.75) is 34.2 Å². The van der Waals surface area contributed by atoms with E-state index in [0.29, 0.717) is 26.5 Å². The van der Waals surface area contributed by atoms with Gasteiger partial charge in [-0.15, -0.1) is 0 Å². The van der Waals surface area contributed by atoms with Gasteiger partial charge in [-0.05, 0) is 59.0 Å². The predicted octanol–water partition coefficient (Wildman–Crippen LogP) is 6.99. The van der Waals surface area contributed by atoms with E-state index in [1.165, 1.54) is 53.8 Å². The number of anilines is 2. The van der Waals surface area contributed by atoms with Gasteiger partial charge in [0.25, 0.3) is 5.91 Å². The van der Waals surface area contributed by atoms with Gasteiger partial charge >= 0.3 is 5.97 Å². The van der Waals surface area contributed by atoms with Gasteiger partial charge in [-0.2, -0.15) is 0 Å². The SMILES string of the molecule is C.CC(C)(C)[C@H](NC(=O)c1ccc(-c2ccc(Nc3nc4ccc(F)cc4s3)c(F)c2)cc1F)C(=O)O. The molecule has 0 unspecified atom stereocenters. The molecule has 0 radical (unpaired) electrons. The maximum Gasteiger partial charge on any atom is 0.326 e. The van der Waals surface area contributed by atoms with Crippen molar-refractivity contribution in [1.29, 1.82) is 0 Å². The molecule has 3 aromatic carbocycles. The summed E-state index contributed by atoms with van der Waals surface area (Å²) in [6.45, 7) is 4.94. The number of amides is 1. The fraction of sp³-hybridized carbons (Fsp3) is 0.222. The molecule has 0 fully saturated rings. The number of carbonyl (C=O) groups is 2. The summed E-state index contributed by atoms with van der Waals surface area (Å²) in [7, 11) is 0. The van der Waals surface area contributed by atoms with Crippen LogP contribution in [0.4, 0.5) is 24.0 Å². The van der Waals surface area contributed by atoms with Gasteiger partial charge in [0.1, 0.15) is 23.5 Å². The van der Waals surface area contributed by atoms with Crippen molar-refractivity contribution in [3.05, 3.63) is 77.6 Å². The minimum absolute atomic E-state index is 0. The largest absolute Gasteiger partial charge is 0.480 e. The number of fused-ring (bicyclic) bond motifs is 1. The Hall–Kier alpha value is -3.92. The molecule has 3 N–H and O–H groups in total. The van der Waals surface area contributed by atoms with Gasteiger partial charge in [-0.3, -0.25) is 4.79 Å². The Morgan fingerprint density at radius 3 is 2.19 bits per heavy atom. The Kier molecular flexibility index (Phi) is 7.92. The number of thiazole rings is 1. The summed E-state index contributed by atoms with van der Waals surface area (Å²) in [5.74, 6) is -3.96. The number of benzene rings is 3. The molecule has 0 saturated heterocycles. The van der Waals surface area contributed by atoms with Gasteiger partial charge in [0.2, 0.25) is 0 Å². The van der Waals surface area contributed by atoms with E-state index < -0.39 is 35.0 Å². The molecule has 0 aliphatic rings. The number of carboxylic acid groups (broad SMARTS) is 1. The monoisotopic (exact) mass is 529 g/mol. The van der Waals surface area contributed by atoms with E-state index in [1.54, 1.807) is 26.8 Å². The highest BCUT2D eigenvalue weighted by Gasteiger charge is 2.33. The molecule has 0 spiro atoms.